The van der Waals surface area contributed by atoms with Crippen molar-refractivity contribution in [2.75, 3.05) is 20.8 Å². The van der Waals surface area contributed by atoms with Crippen molar-refractivity contribution < 1.29 is 19.1 Å². The Kier molecular flexibility index (Phi) is 4.34. The molecular formula is C17H17NO4S. The molecule has 3 rings (SSSR count). The Morgan fingerprint density at radius 1 is 1.17 bits per heavy atom. The van der Waals surface area contributed by atoms with Crippen LogP contribution in [-0.4, -0.2) is 37.5 Å². The van der Waals surface area contributed by atoms with Crippen LogP contribution >= 0.6 is 11.3 Å². The number of carbonyl (C=O) groups is 2. The molecule has 1 amide bonds. The highest BCUT2D eigenvalue weighted by Gasteiger charge is 2.37. The van der Waals surface area contributed by atoms with Gasteiger partial charge in [-0.15, -0.1) is 11.3 Å². The number of ether oxygens (including phenoxy) is 2. The topological polar surface area (TPSA) is 55.8 Å². The molecule has 1 unspecified atom stereocenters. The molecule has 1 aromatic heterocycles. The Bertz CT molecular complexity index is 722. The lowest BCUT2D eigenvalue weighted by molar-refractivity contribution is -0.146. The summed E-state index contributed by atoms with van der Waals surface area (Å²) in [7, 11) is 2.92. The number of nitrogens with zero attached hydrogens (tertiary/aromatic N) is 1. The van der Waals surface area contributed by atoms with E-state index in [0.29, 0.717) is 17.9 Å². The summed E-state index contributed by atoms with van der Waals surface area (Å²) >= 11 is 1.61. The summed E-state index contributed by atoms with van der Waals surface area (Å²) in [6, 6.07) is 8.11. The van der Waals surface area contributed by atoms with E-state index in [4.69, 9.17) is 9.47 Å². The largest absolute Gasteiger partial charge is 0.497 e. The second-order valence-corrected chi connectivity index (χ2v) is 6.20. The van der Waals surface area contributed by atoms with Gasteiger partial charge in [-0.1, -0.05) is 0 Å². The lowest BCUT2D eigenvalue weighted by atomic mass is 9.99. The summed E-state index contributed by atoms with van der Waals surface area (Å²) in [5.74, 6) is 0.0935. The zero-order valence-corrected chi connectivity index (χ0v) is 13.8. The molecule has 1 aromatic carbocycles. The van der Waals surface area contributed by atoms with Crippen LogP contribution in [0.1, 0.15) is 26.8 Å². The van der Waals surface area contributed by atoms with E-state index < -0.39 is 12.0 Å². The molecule has 0 radical (unpaired) electrons. The van der Waals surface area contributed by atoms with E-state index in [1.54, 1.807) is 47.6 Å². The van der Waals surface area contributed by atoms with Crippen molar-refractivity contribution >= 4 is 23.2 Å². The van der Waals surface area contributed by atoms with Gasteiger partial charge >= 0.3 is 5.97 Å². The fourth-order valence-corrected chi connectivity index (χ4v) is 3.70. The van der Waals surface area contributed by atoms with Crippen LogP contribution in [0.25, 0.3) is 0 Å². The number of carbonyl (C=O) groups excluding carboxylic acids is 2. The molecular weight excluding hydrogens is 314 g/mol. The van der Waals surface area contributed by atoms with Gasteiger partial charge in [-0.25, -0.2) is 4.79 Å². The molecule has 120 valence electrons. The van der Waals surface area contributed by atoms with E-state index >= 15 is 0 Å². The predicted molar refractivity (Wildman–Crippen MR) is 86.8 cm³/mol. The van der Waals surface area contributed by atoms with E-state index in [-0.39, 0.29) is 5.91 Å². The molecule has 2 aromatic rings. The smallest absolute Gasteiger partial charge is 0.333 e. The third kappa shape index (κ3) is 2.82. The summed E-state index contributed by atoms with van der Waals surface area (Å²) in [5.41, 5.74) is 1.40. The number of methoxy groups -OCH3 is 2. The molecule has 23 heavy (non-hydrogen) atoms. The molecule has 0 spiro atoms. The summed E-state index contributed by atoms with van der Waals surface area (Å²) in [4.78, 5) is 27.8. The number of benzene rings is 1. The highest BCUT2D eigenvalue weighted by atomic mass is 32.1. The monoisotopic (exact) mass is 331 g/mol. The minimum atomic E-state index is -0.676. The first-order valence-corrected chi connectivity index (χ1v) is 8.12. The lowest BCUT2D eigenvalue weighted by Gasteiger charge is -2.34. The highest BCUT2D eigenvalue weighted by Crippen LogP contribution is 2.35. The molecule has 1 aliphatic heterocycles. The van der Waals surface area contributed by atoms with Crippen LogP contribution in [0.4, 0.5) is 0 Å². The first-order valence-electron chi connectivity index (χ1n) is 7.25. The van der Waals surface area contributed by atoms with Crippen LogP contribution in [0.3, 0.4) is 0 Å². The minimum Gasteiger partial charge on any atom is -0.497 e. The Morgan fingerprint density at radius 2 is 1.91 bits per heavy atom. The van der Waals surface area contributed by atoms with Crippen molar-refractivity contribution in [3.63, 3.8) is 0 Å². The average Bonchev–Trinajstić information content (AvgIpc) is 3.08. The van der Waals surface area contributed by atoms with Gasteiger partial charge in [0.1, 0.15) is 5.75 Å². The summed E-state index contributed by atoms with van der Waals surface area (Å²) in [5, 5.41) is 1.95. The molecule has 6 heteroatoms. The first-order chi connectivity index (χ1) is 11.2. The molecule has 2 heterocycles. The van der Waals surface area contributed by atoms with Gasteiger partial charge in [-0.05, 0) is 47.7 Å². The second-order valence-electron chi connectivity index (χ2n) is 5.20. The average molecular weight is 331 g/mol. The number of thiophene rings is 1. The van der Waals surface area contributed by atoms with Crippen molar-refractivity contribution in [2.24, 2.45) is 0 Å². The second kappa shape index (κ2) is 6.42. The van der Waals surface area contributed by atoms with Gasteiger partial charge in [0.05, 0.1) is 14.2 Å². The van der Waals surface area contributed by atoms with Gasteiger partial charge in [0.2, 0.25) is 0 Å². The quantitative estimate of drug-likeness (QED) is 0.812. The van der Waals surface area contributed by atoms with Crippen LogP contribution in [0.5, 0.6) is 5.75 Å². The van der Waals surface area contributed by atoms with E-state index in [0.717, 1.165) is 16.9 Å². The summed E-state index contributed by atoms with van der Waals surface area (Å²) < 4.78 is 10.0. The normalized spacial score (nSPS) is 16.6. The molecule has 0 aliphatic carbocycles. The van der Waals surface area contributed by atoms with Crippen molar-refractivity contribution in [1.82, 2.24) is 4.90 Å². The maximum absolute atomic E-state index is 12.8. The number of hydrogen-bond acceptors (Lipinski definition) is 5. The molecule has 0 saturated carbocycles. The van der Waals surface area contributed by atoms with Gasteiger partial charge in [0.25, 0.3) is 5.91 Å². The maximum atomic E-state index is 12.8. The van der Waals surface area contributed by atoms with Gasteiger partial charge in [0, 0.05) is 17.0 Å². The molecule has 5 nitrogen and oxygen atoms in total. The lowest BCUT2D eigenvalue weighted by Crippen LogP contribution is -2.43. The third-order valence-corrected chi connectivity index (χ3v) is 4.98. The summed E-state index contributed by atoms with van der Waals surface area (Å²) in [6.07, 6.45) is 0.752. The molecule has 1 aliphatic rings. The molecule has 0 bridgehead atoms. The zero-order valence-electron chi connectivity index (χ0n) is 12.9. The Balaban J connectivity index is 1.93. The van der Waals surface area contributed by atoms with Crippen molar-refractivity contribution in [2.45, 2.75) is 12.5 Å². The SMILES string of the molecule is COC(=O)C1c2ccsc2CCN1C(=O)c1ccc(OC)cc1. The van der Waals surface area contributed by atoms with Crippen molar-refractivity contribution in [1.29, 1.82) is 0 Å². The Hall–Kier alpha value is -2.34. The fraction of sp³-hybridized carbons (Fsp3) is 0.294. The maximum Gasteiger partial charge on any atom is 0.333 e. The molecule has 0 saturated heterocycles. The van der Waals surface area contributed by atoms with E-state index in [9.17, 15) is 9.59 Å². The van der Waals surface area contributed by atoms with Gasteiger partial charge in [0.15, 0.2) is 6.04 Å². The Labute approximate surface area is 138 Å². The van der Waals surface area contributed by atoms with Crippen LogP contribution in [0.15, 0.2) is 35.7 Å². The van der Waals surface area contributed by atoms with Crippen LogP contribution < -0.4 is 4.74 Å². The number of hydrogen-bond donors (Lipinski definition) is 0. The van der Waals surface area contributed by atoms with Gasteiger partial charge in [-0.3, -0.25) is 4.79 Å². The Morgan fingerprint density at radius 3 is 2.57 bits per heavy atom. The van der Waals surface area contributed by atoms with Gasteiger partial charge in [-0.2, -0.15) is 0 Å². The molecule has 1 atom stereocenters. The first kappa shape index (κ1) is 15.6. The van der Waals surface area contributed by atoms with Crippen LogP contribution in [0.2, 0.25) is 0 Å². The number of esters is 1. The molecule has 0 N–H and O–H groups in total. The van der Waals surface area contributed by atoms with Crippen molar-refractivity contribution in [3.8, 4) is 5.75 Å². The number of rotatable bonds is 3. The molecule has 0 fully saturated rings. The van der Waals surface area contributed by atoms with Gasteiger partial charge < -0.3 is 14.4 Å². The minimum absolute atomic E-state index is 0.181. The van der Waals surface area contributed by atoms with E-state index in [1.165, 1.54) is 7.11 Å². The van der Waals surface area contributed by atoms with Crippen LogP contribution in [-0.2, 0) is 16.0 Å². The number of fused-ring (bicyclic) bond motifs is 1. The van der Waals surface area contributed by atoms with E-state index in [1.807, 2.05) is 11.4 Å². The van der Waals surface area contributed by atoms with E-state index in [2.05, 4.69) is 0 Å². The third-order valence-electron chi connectivity index (χ3n) is 3.99. The zero-order chi connectivity index (χ0) is 16.4. The number of amides is 1. The fourth-order valence-electron chi connectivity index (χ4n) is 2.80. The van der Waals surface area contributed by atoms with Crippen LogP contribution in [0, 0.1) is 0 Å². The summed E-state index contributed by atoms with van der Waals surface area (Å²) in [6.45, 7) is 0.498. The van der Waals surface area contributed by atoms with Crippen molar-refractivity contribution in [3.05, 3.63) is 51.7 Å². The standard InChI is InChI=1S/C17H17NO4S/c1-21-12-5-3-11(4-6-12)16(19)18-9-7-14-13(8-10-23-14)15(18)17(20)22-2/h3-6,8,10,15H,7,9H2,1-2H3. The highest BCUT2D eigenvalue weighted by molar-refractivity contribution is 7.10. The predicted octanol–water partition coefficient (Wildman–Crippen LogP) is 2.67.